The van der Waals surface area contributed by atoms with E-state index >= 15 is 0 Å². The van der Waals surface area contributed by atoms with Gasteiger partial charge in [-0.15, -0.1) is 0 Å². The first-order valence-electron chi connectivity index (χ1n) is 6.86. The number of hydrogen-bond acceptors (Lipinski definition) is 3. The van der Waals surface area contributed by atoms with E-state index in [-0.39, 0.29) is 12.0 Å². The Morgan fingerprint density at radius 3 is 2.59 bits per heavy atom. The molecule has 2 aliphatic carbocycles. The van der Waals surface area contributed by atoms with Crippen molar-refractivity contribution >= 4 is 5.97 Å². The Morgan fingerprint density at radius 1 is 1.35 bits per heavy atom. The van der Waals surface area contributed by atoms with Gasteiger partial charge in [0, 0.05) is 6.04 Å². The van der Waals surface area contributed by atoms with E-state index in [1.165, 1.54) is 45.6 Å². The minimum atomic E-state index is -0.0733. The lowest BCUT2D eigenvalue weighted by Gasteiger charge is -2.37. The van der Waals surface area contributed by atoms with Gasteiger partial charge >= 0.3 is 5.97 Å². The predicted octanol–water partition coefficient (Wildman–Crippen LogP) is 2.50. The third-order valence-corrected chi connectivity index (χ3v) is 4.17. The van der Waals surface area contributed by atoms with Gasteiger partial charge in [0.1, 0.15) is 6.04 Å². The van der Waals surface area contributed by atoms with Gasteiger partial charge in [0.25, 0.3) is 0 Å². The Morgan fingerprint density at radius 2 is 2.06 bits per heavy atom. The number of carbonyl (C=O) groups excluding carboxylic acids is 1. The molecule has 0 spiro atoms. The molecule has 0 aromatic heterocycles. The molecule has 2 unspecified atom stereocenters. The molecule has 2 rings (SSSR count). The van der Waals surface area contributed by atoms with Crippen LogP contribution in [-0.2, 0) is 9.53 Å². The van der Waals surface area contributed by atoms with E-state index in [0.29, 0.717) is 17.4 Å². The average Bonchev–Trinajstić information content (AvgIpc) is 3.07. The fourth-order valence-electron chi connectivity index (χ4n) is 3.05. The van der Waals surface area contributed by atoms with Crippen molar-refractivity contribution < 1.29 is 9.53 Å². The fraction of sp³-hybridized carbons (Fsp3) is 0.929. The molecule has 2 fully saturated rings. The summed E-state index contributed by atoms with van der Waals surface area (Å²) in [5.74, 6) is 0.448. The van der Waals surface area contributed by atoms with Crippen LogP contribution < -0.4 is 5.32 Å². The SMILES string of the molecule is COC(=O)C(NC1CCCC(C)(C)C1)C1CC1. The molecular formula is C14H25NO2. The molecule has 17 heavy (non-hydrogen) atoms. The Bertz CT molecular complexity index is 284. The zero-order valence-electron chi connectivity index (χ0n) is 11.3. The van der Waals surface area contributed by atoms with Crippen molar-refractivity contribution in [3.63, 3.8) is 0 Å². The maximum absolute atomic E-state index is 11.7. The zero-order valence-corrected chi connectivity index (χ0v) is 11.3. The predicted molar refractivity (Wildman–Crippen MR) is 67.7 cm³/mol. The van der Waals surface area contributed by atoms with Crippen molar-refractivity contribution in [3.05, 3.63) is 0 Å². The number of hydrogen-bond donors (Lipinski definition) is 1. The maximum atomic E-state index is 11.7. The second kappa shape index (κ2) is 4.97. The second-order valence-electron chi connectivity index (χ2n) is 6.46. The largest absolute Gasteiger partial charge is 0.468 e. The number of carbonyl (C=O) groups is 1. The molecule has 0 heterocycles. The minimum absolute atomic E-state index is 0.0566. The van der Waals surface area contributed by atoms with Gasteiger partial charge in [-0.3, -0.25) is 4.79 Å². The molecule has 3 heteroatoms. The van der Waals surface area contributed by atoms with Gasteiger partial charge in [-0.1, -0.05) is 20.3 Å². The molecule has 2 saturated carbocycles. The van der Waals surface area contributed by atoms with Crippen molar-refractivity contribution in [3.8, 4) is 0 Å². The van der Waals surface area contributed by atoms with E-state index < -0.39 is 0 Å². The molecule has 0 bridgehead atoms. The van der Waals surface area contributed by atoms with Crippen LogP contribution in [0.5, 0.6) is 0 Å². The molecule has 0 amide bonds. The number of esters is 1. The van der Waals surface area contributed by atoms with E-state index in [1.54, 1.807) is 0 Å². The van der Waals surface area contributed by atoms with Crippen molar-refractivity contribution in [2.75, 3.05) is 7.11 Å². The van der Waals surface area contributed by atoms with Crippen LogP contribution in [0.4, 0.5) is 0 Å². The first kappa shape index (κ1) is 12.9. The summed E-state index contributed by atoms with van der Waals surface area (Å²) in [5, 5.41) is 3.55. The zero-order chi connectivity index (χ0) is 12.5. The summed E-state index contributed by atoms with van der Waals surface area (Å²) in [6, 6.07) is 0.433. The number of methoxy groups -OCH3 is 1. The van der Waals surface area contributed by atoms with Crippen LogP contribution in [0.3, 0.4) is 0 Å². The van der Waals surface area contributed by atoms with Crippen LogP contribution in [0.2, 0.25) is 0 Å². The first-order chi connectivity index (χ1) is 8.02. The van der Waals surface area contributed by atoms with Crippen molar-refractivity contribution in [1.29, 1.82) is 0 Å². The molecule has 0 radical (unpaired) electrons. The van der Waals surface area contributed by atoms with Crippen molar-refractivity contribution in [2.45, 2.75) is 64.5 Å². The van der Waals surface area contributed by atoms with Crippen LogP contribution in [0.25, 0.3) is 0 Å². The Hall–Kier alpha value is -0.570. The topological polar surface area (TPSA) is 38.3 Å². The van der Waals surface area contributed by atoms with E-state index in [1.807, 2.05) is 0 Å². The quantitative estimate of drug-likeness (QED) is 0.766. The highest BCUT2D eigenvalue weighted by atomic mass is 16.5. The van der Waals surface area contributed by atoms with Gasteiger partial charge in [0.15, 0.2) is 0 Å². The minimum Gasteiger partial charge on any atom is -0.468 e. The molecule has 0 aromatic rings. The highest BCUT2D eigenvalue weighted by Crippen LogP contribution is 2.37. The Labute approximate surface area is 104 Å². The molecule has 0 aromatic carbocycles. The van der Waals surface area contributed by atoms with E-state index in [0.717, 1.165) is 0 Å². The third kappa shape index (κ3) is 3.44. The van der Waals surface area contributed by atoms with Gasteiger partial charge in [-0.05, 0) is 43.4 Å². The van der Waals surface area contributed by atoms with Crippen LogP contribution in [0, 0.1) is 11.3 Å². The first-order valence-corrected chi connectivity index (χ1v) is 6.86. The van der Waals surface area contributed by atoms with Crippen molar-refractivity contribution in [2.24, 2.45) is 11.3 Å². The van der Waals surface area contributed by atoms with Crippen LogP contribution in [-0.4, -0.2) is 25.2 Å². The Kier molecular flexibility index (Phi) is 3.76. The number of rotatable bonds is 4. The number of ether oxygens (including phenoxy) is 1. The van der Waals surface area contributed by atoms with Gasteiger partial charge in [0.2, 0.25) is 0 Å². The van der Waals surface area contributed by atoms with Gasteiger partial charge in [-0.2, -0.15) is 0 Å². The second-order valence-corrected chi connectivity index (χ2v) is 6.46. The van der Waals surface area contributed by atoms with Gasteiger partial charge in [0.05, 0.1) is 7.11 Å². The van der Waals surface area contributed by atoms with Gasteiger partial charge in [-0.25, -0.2) is 0 Å². The van der Waals surface area contributed by atoms with Crippen LogP contribution in [0.15, 0.2) is 0 Å². The van der Waals surface area contributed by atoms with Crippen molar-refractivity contribution in [1.82, 2.24) is 5.32 Å². The van der Waals surface area contributed by atoms with E-state index in [2.05, 4.69) is 19.2 Å². The lowest BCUT2D eigenvalue weighted by Crippen LogP contribution is -2.48. The highest BCUT2D eigenvalue weighted by Gasteiger charge is 2.39. The normalized spacial score (nSPS) is 29.7. The lowest BCUT2D eigenvalue weighted by atomic mass is 9.75. The molecule has 1 N–H and O–H groups in total. The summed E-state index contributed by atoms with van der Waals surface area (Å²) in [7, 11) is 1.49. The smallest absolute Gasteiger partial charge is 0.323 e. The van der Waals surface area contributed by atoms with Crippen LogP contribution >= 0.6 is 0 Å². The summed E-state index contributed by atoms with van der Waals surface area (Å²) >= 11 is 0. The summed E-state index contributed by atoms with van der Waals surface area (Å²) in [4.78, 5) is 11.7. The molecule has 2 aliphatic rings. The van der Waals surface area contributed by atoms with E-state index in [9.17, 15) is 4.79 Å². The Balaban J connectivity index is 1.91. The number of nitrogens with one attached hydrogen (secondary N) is 1. The van der Waals surface area contributed by atoms with Gasteiger partial charge < -0.3 is 10.1 Å². The fourth-order valence-corrected chi connectivity index (χ4v) is 3.05. The molecule has 98 valence electrons. The van der Waals surface area contributed by atoms with E-state index in [4.69, 9.17) is 4.74 Å². The standard InChI is InChI=1S/C14H25NO2/c1-14(2)8-4-5-11(9-14)15-12(10-6-7-10)13(16)17-3/h10-12,15H,4-9H2,1-3H3. The average molecular weight is 239 g/mol. The highest BCUT2D eigenvalue weighted by molar-refractivity contribution is 5.76. The molecule has 0 saturated heterocycles. The molecule has 3 nitrogen and oxygen atoms in total. The lowest BCUT2D eigenvalue weighted by molar-refractivity contribution is -0.144. The maximum Gasteiger partial charge on any atom is 0.323 e. The molecular weight excluding hydrogens is 214 g/mol. The summed E-state index contributed by atoms with van der Waals surface area (Å²) in [5.41, 5.74) is 0.417. The summed E-state index contributed by atoms with van der Waals surface area (Å²) < 4.78 is 4.91. The summed E-state index contributed by atoms with van der Waals surface area (Å²) in [6.07, 6.45) is 7.28. The monoisotopic (exact) mass is 239 g/mol. The molecule has 2 atom stereocenters. The molecule has 0 aliphatic heterocycles. The van der Waals surface area contributed by atoms with Crippen LogP contribution in [0.1, 0.15) is 52.4 Å². The third-order valence-electron chi connectivity index (χ3n) is 4.17. The summed E-state index contributed by atoms with van der Waals surface area (Å²) in [6.45, 7) is 4.65.